The highest BCUT2D eigenvalue weighted by molar-refractivity contribution is 5.80. The normalized spacial score (nSPS) is 15.7. The highest BCUT2D eigenvalue weighted by Crippen LogP contribution is 2.33. The zero-order valence-electron chi connectivity index (χ0n) is 25.6. The van der Waals surface area contributed by atoms with Crippen molar-refractivity contribution in [1.29, 1.82) is 0 Å². The molecule has 2 saturated heterocycles. The highest BCUT2D eigenvalue weighted by atomic mass is 16.6. The maximum Gasteiger partial charge on any atom is 0.332 e. The van der Waals surface area contributed by atoms with Crippen molar-refractivity contribution in [2.45, 2.75) is 26.1 Å². The molecule has 1 amide bonds. The maximum atomic E-state index is 11.7. The van der Waals surface area contributed by atoms with E-state index in [4.69, 9.17) is 19.7 Å². The molecule has 0 bridgehead atoms. The van der Waals surface area contributed by atoms with Gasteiger partial charge in [-0.3, -0.25) is 25.0 Å². The zero-order chi connectivity index (χ0) is 33.7. The maximum absolute atomic E-state index is 11.7. The number of nitro benzene ring substituents is 2. The predicted molar refractivity (Wildman–Crippen MR) is 164 cm³/mol. The van der Waals surface area contributed by atoms with Crippen molar-refractivity contribution in [3.63, 3.8) is 0 Å². The second kappa shape index (κ2) is 17.5. The van der Waals surface area contributed by atoms with Gasteiger partial charge in [-0.1, -0.05) is 0 Å². The number of nitrogens with zero attached hydrogens (tertiary/aromatic N) is 5. The van der Waals surface area contributed by atoms with Crippen molar-refractivity contribution in [2.24, 2.45) is 0 Å². The lowest BCUT2D eigenvalue weighted by molar-refractivity contribution is -0.385. The number of nitrogens with one attached hydrogen (secondary N) is 1. The summed E-state index contributed by atoms with van der Waals surface area (Å²) in [5.74, 6) is -0.476. The molecule has 2 heterocycles. The number of aliphatic hydroxyl groups is 2. The van der Waals surface area contributed by atoms with E-state index < -0.39 is 28.0 Å². The van der Waals surface area contributed by atoms with Gasteiger partial charge in [-0.25, -0.2) is 4.79 Å². The first-order valence-corrected chi connectivity index (χ1v) is 14.0. The number of nitro groups is 2. The van der Waals surface area contributed by atoms with Crippen LogP contribution < -0.4 is 24.6 Å². The number of carbonyl (C=O) groups excluding carboxylic acids is 1. The summed E-state index contributed by atoms with van der Waals surface area (Å²) < 4.78 is 10.5. The SMILES string of the molecule is COc1cc([N+](=O)[O-])ccc1N1CCN(C(=O)[C@H](C)O)CC1.COc1cc([N+](=O)[O-])ccc1N1CCNCC1.C[C@H](O)C(=O)O. The topological polar surface area (TPSA) is 221 Å². The van der Waals surface area contributed by atoms with Gasteiger partial charge in [0.1, 0.15) is 23.7 Å². The summed E-state index contributed by atoms with van der Waals surface area (Å²) in [5.41, 5.74) is 1.71. The highest BCUT2D eigenvalue weighted by Gasteiger charge is 2.26. The van der Waals surface area contributed by atoms with E-state index in [-0.39, 0.29) is 17.3 Å². The number of aliphatic hydroxyl groups excluding tert-OH is 2. The smallest absolute Gasteiger partial charge is 0.332 e. The molecule has 2 aromatic rings. The Morgan fingerprint density at radius 2 is 1.18 bits per heavy atom. The van der Waals surface area contributed by atoms with Crippen LogP contribution in [0, 0.1) is 20.2 Å². The van der Waals surface area contributed by atoms with E-state index in [0.717, 1.165) is 37.6 Å². The van der Waals surface area contributed by atoms with Crippen LogP contribution in [0.3, 0.4) is 0 Å². The Bertz CT molecular complexity index is 1310. The first kappa shape index (κ1) is 36.5. The third kappa shape index (κ3) is 10.7. The van der Waals surface area contributed by atoms with Crippen LogP contribution >= 0.6 is 0 Å². The van der Waals surface area contributed by atoms with Gasteiger partial charge in [0.2, 0.25) is 0 Å². The number of hydrogen-bond donors (Lipinski definition) is 4. The molecule has 17 heteroatoms. The average Bonchev–Trinajstić information content (AvgIpc) is 3.04. The number of aliphatic carboxylic acids is 1. The van der Waals surface area contributed by atoms with Crippen LogP contribution in [0.5, 0.6) is 11.5 Å². The molecule has 2 aliphatic heterocycles. The number of non-ortho nitro benzene ring substituents is 2. The molecule has 4 rings (SSSR count). The van der Waals surface area contributed by atoms with Gasteiger partial charge >= 0.3 is 5.97 Å². The number of carbonyl (C=O) groups is 2. The molecule has 2 fully saturated rings. The fourth-order valence-electron chi connectivity index (χ4n) is 4.42. The Hall–Kier alpha value is -4.74. The zero-order valence-corrected chi connectivity index (χ0v) is 25.6. The molecule has 2 aromatic carbocycles. The summed E-state index contributed by atoms with van der Waals surface area (Å²) in [7, 11) is 3.00. The summed E-state index contributed by atoms with van der Waals surface area (Å²) in [6.45, 7) is 8.38. The summed E-state index contributed by atoms with van der Waals surface area (Å²) in [6, 6.07) is 9.22. The van der Waals surface area contributed by atoms with Gasteiger partial charge in [-0.05, 0) is 26.0 Å². The largest absolute Gasteiger partial charge is 0.494 e. The molecule has 0 radical (unpaired) electrons. The van der Waals surface area contributed by atoms with Crippen molar-refractivity contribution in [3.8, 4) is 11.5 Å². The molecule has 0 unspecified atom stereocenters. The lowest BCUT2D eigenvalue weighted by Gasteiger charge is -2.37. The minimum Gasteiger partial charge on any atom is -0.494 e. The molecule has 2 aliphatic rings. The van der Waals surface area contributed by atoms with Crippen LogP contribution in [0.2, 0.25) is 0 Å². The van der Waals surface area contributed by atoms with Gasteiger partial charge in [-0.2, -0.15) is 0 Å². The van der Waals surface area contributed by atoms with E-state index in [1.807, 2.05) is 4.90 Å². The Morgan fingerprint density at radius 3 is 1.51 bits per heavy atom. The Balaban J connectivity index is 0.000000272. The van der Waals surface area contributed by atoms with Crippen LogP contribution in [-0.4, -0.2) is 121 Å². The van der Waals surface area contributed by atoms with Crippen molar-refractivity contribution in [1.82, 2.24) is 10.2 Å². The van der Waals surface area contributed by atoms with E-state index in [0.29, 0.717) is 37.7 Å². The van der Waals surface area contributed by atoms with Crippen LogP contribution in [0.25, 0.3) is 0 Å². The second-order valence-electron chi connectivity index (χ2n) is 9.97. The molecular formula is C28H40N6O11. The minimum atomic E-state index is -1.23. The van der Waals surface area contributed by atoms with Gasteiger partial charge in [0.05, 0.1) is 47.6 Å². The first-order chi connectivity index (χ1) is 21.3. The monoisotopic (exact) mass is 636 g/mol. The van der Waals surface area contributed by atoms with Crippen molar-refractivity contribution >= 4 is 34.6 Å². The van der Waals surface area contributed by atoms with Gasteiger partial charge in [0, 0.05) is 64.5 Å². The number of piperazine rings is 2. The Kier molecular flexibility index (Phi) is 14.2. The molecule has 0 aromatic heterocycles. The van der Waals surface area contributed by atoms with Gasteiger partial charge in [-0.15, -0.1) is 0 Å². The molecule has 0 spiro atoms. The van der Waals surface area contributed by atoms with Crippen LogP contribution in [0.1, 0.15) is 13.8 Å². The van der Waals surface area contributed by atoms with Crippen molar-refractivity contribution in [2.75, 3.05) is 76.4 Å². The van der Waals surface area contributed by atoms with Gasteiger partial charge in [0.15, 0.2) is 0 Å². The first-order valence-electron chi connectivity index (χ1n) is 14.0. The summed E-state index contributed by atoms with van der Waals surface area (Å²) >= 11 is 0. The number of amides is 1. The molecule has 248 valence electrons. The third-order valence-corrected chi connectivity index (χ3v) is 6.85. The number of benzene rings is 2. The van der Waals surface area contributed by atoms with Crippen molar-refractivity contribution in [3.05, 3.63) is 56.6 Å². The number of rotatable bonds is 8. The van der Waals surface area contributed by atoms with Gasteiger partial charge < -0.3 is 44.8 Å². The van der Waals surface area contributed by atoms with Crippen molar-refractivity contribution < 1.29 is 44.2 Å². The summed E-state index contributed by atoms with van der Waals surface area (Å²) in [6.07, 6.45) is -2.23. The van der Waals surface area contributed by atoms with Crippen LogP contribution in [0.15, 0.2) is 36.4 Å². The lowest BCUT2D eigenvalue weighted by Crippen LogP contribution is -2.51. The third-order valence-electron chi connectivity index (χ3n) is 6.85. The van der Waals surface area contributed by atoms with Crippen LogP contribution in [0.4, 0.5) is 22.7 Å². The van der Waals surface area contributed by atoms with E-state index in [1.54, 1.807) is 17.0 Å². The molecule has 4 N–H and O–H groups in total. The quantitative estimate of drug-likeness (QED) is 0.235. The number of ether oxygens (including phenoxy) is 2. The van der Waals surface area contributed by atoms with Gasteiger partial charge in [0.25, 0.3) is 17.3 Å². The van der Waals surface area contributed by atoms with E-state index in [1.165, 1.54) is 52.3 Å². The molecule has 0 saturated carbocycles. The number of carboxylic acids is 1. The number of anilines is 2. The number of hydrogen-bond acceptors (Lipinski definition) is 13. The minimum absolute atomic E-state index is 0.0245. The van der Waals surface area contributed by atoms with Crippen LogP contribution in [-0.2, 0) is 9.59 Å². The molecule has 0 aliphatic carbocycles. The Morgan fingerprint density at radius 1 is 0.778 bits per heavy atom. The standard InChI is InChI=1S/C14H19N3O5.C11H15N3O3.C3H6O3/c1-10(18)14(19)16-7-5-15(6-8-16)12-4-3-11(17(20)21)9-13(12)22-2;1-17-11-8-9(14(15)16)2-3-10(11)13-6-4-12-5-7-13;1-2(4)3(5)6/h3-4,9-10,18H,5-8H2,1-2H3;2-3,8,12H,4-7H2,1H3;2,4H,1H3,(H,5,6)/t10-;;2-/m0.0/s1. The Labute approximate surface area is 259 Å². The molecular weight excluding hydrogens is 596 g/mol. The summed E-state index contributed by atoms with van der Waals surface area (Å²) in [5, 5.41) is 49.9. The lowest BCUT2D eigenvalue weighted by atomic mass is 10.2. The average molecular weight is 637 g/mol. The summed E-state index contributed by atoms with van der Waals surface area (Å²) in [4.78, 5) is 47.6. The molecule has 2 atom stereocenters. The number of methoxy groups -OCH3 is 2. The fraction of sp³-hybridized carbons (Fsp3) is 0.500. The molecule has 17 nitrogen and oxygen atoms in total. The van der Waals surface area contributed by atoms with E-state index in [2.05, 4.69) is 10.2 Å². The predicted octanol–water partition coefficient (Wildman–Crippen LogP) is 1.10. The van der Waals surface area contributed by atoms with E-state index >= 15 is 0 Å². The van der Waals surface area contributed by atoms with E-state index in [9.17, 15) is 34.9 Å². The fourth-order valence-corrected chi connectivity index (χ4v) is 4.42. The second-order valence-corrected chi connectivity index (χ2v) is 9.97. The number of carboxylic acid groups (broad SMARTS) is 1. The molecule has 45 heavy (non-hydrogen) atoms.